The number of benzene rings is 2. The predicted molar refractivity (Wildman–Crippen MR) is 79.8 cm³/mol. The lowest BCUT2D eigenvalue weighted by Gasteiger charge is -2.18. The first-order valence-corrected chi connectivity index (χ1v) is 6.50. The predicted octanol–water partition coefficient (Wildman–Crippen LogP) is 2.51. The lowest BCUT2D eigenvalue weighted by molar-refractivity contribution is -0.114. The molecule has 1 aliphatic heterocycles. The number of hydrogen-bond donors (Lipinski definition) is 1. The van der Waals surface area contributed by atoms with E-state index >= 15 is 0 Å². The van der Waals surface area contributed by atoms with Crippen LogP contribution in [0.15, 0.2) is 48.5 Å². The SMILES string of the molecule is COc1cccc(/C=C2/C(=O)NC(=O)c3ccccc32)c1. The van der Waals surface area contributed by atoms with Crippen LogP contribution in [0.4, 0.5) is 0 Å². The molecule has 1 N–H and O–H groups in total. The molecule has 0 aromatic heterocycles. The molecule has 0 saturated heterocycles. The van der Waals surface area contributed by atoms with E-state index in [0.717, 1.165) is 5.56 Å². The zero-order valence-corrected chi connectivity index (χ0v) is 11.4. The van der Waals surface area contributed by atoms with E-state index in [9.17, 15) is 9.59 Å². The largest absolute Gasteiger partial charge is 0.497 e. The molecule has 104 valence electrons. The van der Waals surface area contributed by atoms with Gasteiger partial charge in [-0.25, -0.2) is 0 Å². The Balaban J connectivity index is 2.12. The van der Waals surface area contributed by atoms with Crippen molar-refractivity contribution in [1.82, 2.24) is 5.32 Å². The first kappa shape index (κ1) is 13.1. The fourth-order valence-corrected chi connectivity index (χ4v) is 2.32. The van der Waals surface area contributed by atoms with Crippen LogP contribution in [0.5, 0.6) is 5.75 Å². The highest BCUT2D eigenvalue weighted by atomic mass is 16.5. The lowest BCUT2D eigenvalue weighted by atomic mass is 9.93. The highest BCUT2D eigenvalue weighted by Gasteiger charge is 2.26. The van der Waals surface area contributed by atoms with Crippen molar-refractivity contribution in [3.05, 3.63) is 65.2 Å². The quantitative estimate of drug-likeness (QED) is 0.679. The second-order valence-corrected chi connectivity index (χ2v) is 4.66. The summed E-state index contributed by atoms with van der Waals surface area (Å²) < 4.78 is 5.17. The Morgan fingerprint density at radius 3 is 2.48 bits per heavy atom. The standard InChI is InChI=1S/C17H13NO3/c1-21-12-6-4-5-11(9-12)10-15-13-7-2-3-8-14(13)16(19)18-17(15)20/h2-10H,1H3,(H,18,19,20)/b15-10+. The second-order valence-electron chi connectivity index (χ2n) is 4.66. The molecule has 3 rings (SSSR count). The number of nitrogens with one attached hydrogen (secondary N) is 1. The van der Waals surface area contributed by atoms with Crippen molar-refractivity contribution in [1.29, 1.82) is 0 Å². The van der Waals surface area contributed by atoms with E-state index in [4.69, 9.17) is 4.74 Å². The van der Waals surface area contributed by atoms with Gasteiger partial charge in [-0.05, 0) is 35.4 Å². The van der Waals surface area contributed by atoms with Crippen molar-refractivity contribution >= 4 is 23.5 Å². The van der Waals surface area contributed by atoms with Gasteiger partial charge in [0.25, 0.3) is 11.8 Å². The number of hydrogen-bond acceptors (Lipinski definition) is 3. The Hall–Kier alpha value is -2.88. The lowest BCUT2D eigenvalue weighted by Crippen LogP contribution is -2.36. The first-order valence-electron chi connectivity index (χ1n) is 6.50. The molecule has 0 unspecified atom stereocenters. The molecule has 0 aliphatic carbocycles. The highest BCUT2D eigenvalue weighted by Crippen LogP contribution is 2.26. The molecule has 2 aromatic rings. The number of carbonyl (C=O) groups is 2. The average Bonchev–Trinajstić information content (AvgIpc) is 2.51. The Labute approximate surface area is 122 Å². The number of ether oxygens (including phenoxy) is 1. The number of carbonyl (C=O) groups excluding carboxylic acids is 2. The van der Waals surface area contributed by atoms with Gasteiger partial charge in [-0.3, -0.25) is 14.9 Å². The summed E-state index contributed by atoms with van der Waals surface area (Å²) in [6, 6.07) is 14.5. The molecule has 21 heavy (non-hydrogen) atoms. The minimum Gasteiger partial charge on any atom is -0.497 e. The number of fused-ring (bicyclic) bond motifs is 1. The fraction of sp³-hybridized carbons (Fsp3) is 0.0588. The van der Waals surface area contributed by atoms with Gasteiger partial charge in [-0.2, -0.15) is 0 Å². The van der Waals surface area contributed by atoms with Crippen molar-refractivity contribution in [2.24, 2.45) is 0 Å². The first-order chi connectivity index (χ1) is 10.2. The van der Waals surface area contributed by atoms with Crippen LogP contribution < -0.4 is 10.1 Å². The van der Waals surface area contributed by atoms with Crippen LogP contribution >= 0.6 is 0 Å². The molecule has 0 spiro atoms. The van der Waals surface area contributed by atoms with Crippen LogP contribution in [0, 0.1) is 0 Å². The molecule has 0 radical (unpaired) electrons. The summed E-state index contributed by atoms with van der Waals surface area (Å²) in [7, 11) is 1.59. The normalized spacial score (nSPS) is 15.6. The van der Waals surface area contributed by atoms with Crippen molar-refractivity contribution < 1.29 is 14.3 Å². The topological polar surface area (TPSA) is 55.4 Å². The Morgan fingerprint density at radius 2 is 1.71 bits per heavy atom. The maximum atomic E-state index is 12.1. The molecular formula is C17H13NO3. The molecule has 0 bridgehead atoms. The molecule has 0 fully saturated rings. The maximum absolute atomic E-state index is 12.1. The highest BCUT2D eigenvalue weighted by molar-refractivity contribution is 6.33. The maximum Gasteiger partial charge on any atom is 0.258 e. The van der Waals surface area contributed by atoms with E-state index in [1.165, 1.54) is 0 Å². The van der Waals surface area contributed by atoms with Crippen molar-refractivity contribution in [2.75, 3.05) is 7.11 Å². The summed E-state index contributed by atoms with van der Waals surface area (Å²) in [6.07, 6.45) is 1.75. The van der Waals surface area contributed by atoms with E-state index in [1.807, 2.05) is 30.3 Å². The summed E-state index contributed by atoms with van der Waals surface area (Å²) in [5.41, 5.74) is 2.46. The summed E-state index contributed by atoms with van der Waals surface area (Å²) >= 11 is 0. The third-order valence-electron chi connectivity index (χ3n) is 3.34. The van der Waals surface area contributed by atoms with Gasteiger partial charge in [-0.15, -0.1) is 0 Å². The monoisotopic (exact) mass is 279 g/mol. The van der Waals surface area contributed by atoms with Crippen molar-refractivity contribution in [2.45, 2.75) is 0 Å². The van der Waals surface area contributed by atoms with Gasteiger partial charge in [-0.1, -0.05) is 30.3 Å². The molecule has 4 nitrogen and oxygen atoms in total. The molecule has 4 heteroatoms. The Bertz CT molecular complexity index is 762. The van der Waals surface area contributed by atoms with Gasteiger partial charge in [0, 0.05) is 11.1 Å². The van der Waals surface area contributed by atoms with Gasteiger partial charge < -0.3 is 4.74 Å². The van der Waals surface area contributed by atoms with Gasteiger partial charge in [0.2, 0.25) is 0 Å². The van der Waals surface area contributed by atoms with E-state index in [-0.39, 0.29) is 11.8 Å². The minimum atomic E-state index is -0.387. The van der Waals surface area contributed by atoms with E-state index < -0.39 is 0 Å². The van der Waals surface area contributed by atoms with Gasteiger partial charge in [0.1, 0.15) is 5.75 Å². The average molecular weight is 279 g/mol. The molecule has 1 heterocycles. The second kappa shape index (κ2) is 5.25. The van der Waals surface area contributed by atoms with Crippen molar-refractivity contribution in [3.8, 4) is 5.75 Å². The van der Waals surface area contributed by atoms with E-state index in [0.29, 0.717) is 22.4 Å². The third kappa shape index (κ3) is 2.43. The number of amides is 2. The molecule has 0 saturated carbocycles. The molecule has 2 amide bonds. The van der Waals surface area contributed by atoms with Gasteiger partial charge in [0.05, 0.1) is 7.11 Å². The summed E-state index contributed by atoms with van der Waals surface area (Å²) in [6.45, 7) is 0. The number of methoxy groups -OCH3 is 1. The zero-order chi connectivity index (χ0) is 14.8. The van der Waals surface area contributed by atoms with Crippen molar-refractivity contribution in [3.63, 3.8) is 0 Å². The molecular weight excluding hydrogens is 266 g/mol. The van der Waals surface area contributed by atoms with Gasteiger partial charge >= 0.3 is 0 Å². The molecule has 0 atom stereocenters. The minimum absolute atomic E-state index is 0.363. The fourth-order valence-electron chi connectivity index (χ4n) is 2.32. The summed E-state index contributed by atoms with van der Waals surface area (Å²) in [5.74, 6) is -0.0372. The van der Waals surface area contributed by atoms with Crippen LogP contribution in [-0.4, -0.2) is 18.9 Å². The van der Waals surface area contributed by atoms with Crippen LogP contribution in [0.1, 0.15) is 21.5 Å². The Morgan fingerprint density at radius 1 is 0.952 bits per heavy atom. The smallest absolute Gasteiger partial charge is 0.258 e. The van der Waals surface area contributed by atoms with Crippen LogP contribution in [-0.2, 0) is 4.79 Å². The Kier molecular flexibility index (Phi) is 3.28. The van der Waals surface area contributed by atoms with E-state index in [2.05, 4.69) is 5.32 Å². The van der Waals surface area contributed by atoms with Gasteiger partial charge in [0.15, 0.2) is 0 Å². The van der Waals surface area contributed by atoms with E-state index in [1.54, 1.807) is 31.4 Å². The third-order valence-corrected chi connectivity index (χ3v) is 3.34. The van der Waals surface area contributed by atoms with Crippen LogP contribution in [0.25, 0.3) is 11.6 Å². The summed E-state index contributed by atoms with van der Waals surface area (Å²) in [4.78, 5) is 23.9. The van der Waals surface area contributed by atoms with Crippen LogP contribution in [0.3, 0.4) is 0 Å². The molecule has 2 aromatic carbocycles. The number of imide groups is 1. The van der Waals surface area contributed by atoms with Crippen LogP contribution in [0.2, 0.25) is 0 Å². The molecule has 1 aliphatic rings. The zero-order valence-electron chi connectivity index (χ0n) is 11.4. The number of rotatable bonds is 2. The summed E-state index contributed by atoms with van der Waals surface area (Å²) in [5, 5.41) is 2.36.